The van der Waals surface area contributed by atoms with Crippen molar-refractivity contribution in [1.29, 1.82) is 0 Å². The van der Waals surface area contributed by atoms with E-state index in [2.05, 4.69) is 27.7 Å². The van der Waals surface area contributed by atoms with Crippen LogP contribution in [0.1, 0.15) is 51.7 Å². The average Bonchev–Trinajstić information content (AvgIpc) is 2.14. The van der Waals surface area contributed by atoms with Crippen LogP contribution < -0.4 is 0 Å². The molecule has 16 heavy (non-hydrogen) atoms. The summed E-state index contributed by atoms with van der Waals surface area (Å²) < 4.78 is 26.4. The lowest BCUT2D eigenvalue weighted by Gasteiger charge is -2.28. The second-order valence-electron chi connectivity index (χ2n) is 5.60. The highest BCUT2D eigenvalue weighted by atomic mass is 19.3. The molecule has 0 aliphatic heterocycles. The molecule has 0 radical (unpaired) electrons. The minimum atomic E-state index is -2.76. The Bertz CT molecular complexity index is 356. The summed E-state index contributed by atoms with van der Waals surface area (Å²) in [6.45, 7) is 9.37. The first-order valence-electron chi connectivity index (χ1n) is 5.60. The van der Waals surface area contributed by atoms with Gasteiger partial charge in [-0.05, 0) is 23.0 Å². The maximum Gasteiger partial charge on any atom is 0.270 e. The van der Waals surface area contributed by atoms with Gasteiger partial charge in [-0.25, -0.2) is 8.78 Å². The maximum atomic E-state index is 13.2. The highest BCUT2D eigenvalue weighted by Crippen LogP contribution is 2.36. The third kappa shape index (κ3) is 3.03. The van der Waals surface area contributed by atoms with Crippen LogP contribution in [0.15, 0.2) is 24.3 Å². The Hall–Kier alpha value is -0.920. The van der Waals surface area contributed by atoms with Crippen molar-refractivity contribution >= 4 is 0 Å². The predicted molar refractivity (Wildman–Crippen MR) is 63.9 cm³/mol. The zero-order valence-electron chi connectivity index (χ0n) is 10.6. The van der Waals surface area contributed by atoms with Crippen molar-refractivity contribution in [3.63, 3.8) is 0 Å². The van der Waals surface area contributed by atoms with Crippen LogP contribution in [-0.4, -0.2) is 0 Å². The molecule has 1 aromatic carbocycles. The van der Waals surface area contributed by atoms with Gasteiger partial charge in [0.2, 0.25) is 0 Å². The summed E-state index contributed by atoms with van der Waals surface area (Å²) in [5, 5.41) is 0. The van der Waals surface area contributed by atoms with E-state index in [9.17, 15) is 8.78 Å². The molecule has 2 heteroatoms. The maximum absolute atomic E-state index is 13.2. The smallest absolute Gasteiger partial charge is 0.202 e. The second-order valence-corrected chi connectivity index (χ2v) is 5.60. The van der Waals surface area contributed by atoms with E-state index in [-0.39, 0.29) is 16.9 Å². The normalized spacial score (nSPS) is 14.9. The van der Waals surface area contributed by atoms with Crippen LogP contribution in [0, 0.1) is 5.41 Å². The average molecular weight is 226 g/mol. The number of halogens is 2. The number of benzene rings is 1. The summed E-state index contributed by atoms with van der Waals surface area (Å²) in [6, 6.07) is 6.74. The molecule has 0 bridgehead atoms. The molecule has 0 aliphatic carbocycles. The Morgan fingerprint density at radius 1 is 1.06 bits per heavy atom. The van der Waals surface area contributed by atoms with Gasteiger partial charge in [-0.2, -0.15) is 0 Å². The van der Waals surface area contributed by atoms with Crippen LogP contribution >= 0.6 is 0 Å². The summed E-state index contributed by atoms with van der Waals surface area (Å²) in [5.74, 6) is -2.50. The molecule has 1 aromatic rings. The van der Waals surface area contributed by atoms with Gasteiger partial charge in [0.05, 0.1) is 0 Å². The Morgan fingerprint density at radius 3 is 2.06 bits per heavy atom. The third-order valence-corrected chi connectivity index (χ3v) is 3.19. The first kappa shape index (κ1) is 13.1. The topological polar surface area (TPSA) is 0 Å². The third-order valence-electron chi connectivity index (χ3n) is 3.19. The Balaban J connectivity index is 3.09. The number of alkyl halides is 2. The van der Waals surface area contributed by atoms with Crippen molar-refractivity contribution in [2.45, 2.75) is 46.5 Å². The molecule has 90 valence electrons. The molecular weight excluding hydrogens is 206 g/mol. The summed E-state index contributed by atoms with van der Waals surface area (Å²) in [4.78, 5) is 0. The monoisotopic (exact) mass is 226 g/mol. The molecule has 0 nitrogen and oxygen atoms in total. The Morgan fingerprint density at radius 2 is 1.62 bits per heavy atom. The lowest BCUT2D eigenvalue weighted by molar-refractivity contribution is 0.0173. The van der Waals surface area contributed by atoms with Gasteiger partial charge in [0.15, 0.2) is 0 Å². The van der Waals surface area contributed by atoms with Crippen LogP contribution in [-0.2, 0) is 5.92 Å². The van der Waals surface area contributed by atoms with Gasteiger partial charge in [0, 0.05) is 12.5 Å². The van der Waals surface area contributed by atoms with E-state index in [1.807, 2.05) is 6.07 Å². The van der Waals surface area contributed by atoms with E-state index < -0.39 is 5.92 Å². The fourth-order valence-corrected chi connectivity index (χ4v) is 1.58. The van der Waals surface area contributed by atoms with Gasteiger partial charge in [0.1, 0.15) is 0 Å². The molecule has 0 aromatic heterocycles. The first-order valence-corrected chi connectivity index (χ1v) is 5.60. The van der Waals surface area contributed by atoms with Crippen molar-refractivity contribution in [3.8, 4) is 0 Å². The van der Waals surface area contributed by atoms with Crippen LogP contribution in [0.25, 0.3) is 0 Å². The van der Waals surface area contributed by atoms with E-state index in [1.54, 1.807) is 12.1 Å². The molecule has 0 aliphatic rings. The SMILES string of the molecule is CC(c1cccc(C(C)(F)F)c1)C(C)(C)C. The molecule has 0 saturated carbocycles. The minimum absolute atomic E-state index is 0.0850. The standard InChI is InChI=1S/C14H20F2/c1-10(13(2,3)4)11-7-6-8-12(9-11)14(5,15)16/h6-10H,1-5H3. The molecule has 1 rings (SSSR count). The van der Waals surface area contributed by atoms with E-state index in [0.717, 1.165) is 12.5 Å². The van der Waals surface area contributed by atoms with E-state index in [1.165, 1.54) is 6.07 Å². The summed E-state index contributed by atoms with van der Waals surface area (Å²) in [7, 11) is 0. The molecule has 0 heterocycles. The summed E-state index contributed by atoms with van der Waals surface area (Å²) >= 11 is 0. The van der Waals surface area contributed by atoms with Gasteiger partial charge >= 0.3 is 0 Å². The first-order chi connectivity index (χ1) is 7.12. The molecule has 0 N–H and O–H groups in total. The van der Waals surface area contributed by atoms with E-state index in [0.29, 0.717) is 0 Å². The molecule has 0 spiro atoms. The van der Waals surface area contributed by atoms with E-state index in [4.69, 9.17) is 0 Å². The zero-order valence-corrected chi connectivity index (χ0v) is 10.6. The van der Waals surface area contributed by atoms with Gasteiger partial charge in [-0.1, -0.05) is 45.9 Å². The zero-order chi connectivity index (χ0) is 12.6. The van der Waals surface area contributed by atoms with Crippen molar-refractivity contribution in [2.24, 2.45) is 5.41 Å². The lowest BCUT2D eigenvalue weighted by Crippen LogP contribution is -2.16. The molecular formula is C14H20F2. The minimum Gasteiger partial charge on any atom is -0.202 e. The Labute approximate surface area is 96.7 Å². The molecule has 0 fully saturated rings. The highest BCUT2D eigenvalue weighted by Gasteiger charge is 2.27. The predicted octanol–water partition coefficient (Wildman–Crippen LogP) is 4.95. The van der Waals surface area contributed by atoms with E-state index >= 15 is 0 Å². The van der Waals surface area contributed by atoms with Crippen LogP contribution in [0.3, 0.4) is 0 Å². The van der Waals surface area contributed by atoms with Gasteiger partial charge in [-0.3, -0.25) is 0 Å². The van der Waals surface area contributed by atoms with Crippen LogP contribution in [0.4, 0.5) is 8.78 Å². The van der Waals surface area contributed by atoms with Crippen LogP contribution in [0.5, 0.6) is 0 Å². The summed E-state index contributed by atoms with van der Waals surface area (Å²) in [5.41, 5.74) is 1.16. The van der Waals surface area contributed by atoms with Crippen LogP contribution in [0.2, 0.25) is 0 Å². The highest BCUT2D eigenvalue weighted by molar-refractivity contribution is 5.29. The largest absolute Gasteiger partial charge is 0.270 e. The molecule has 1 unspecified atom stereocenters. The lowest BCUT2D eigenvalue weighted by atomic mass is 9.77. The second kappa shape index (κ2) is 4.15. The van der Waals surface area contributed by atoms with Gasteiger partial charge < -0.3 is 0 Å². The Kier molecular flexibility index (Phi) is 3.41. The molecule has 1 atom stereocenters. The van der Waals surface area contributed by atoms with Gasteiger partial charge in [-0.15, -0.1) is 0 Å². The number of hydrogen-bond acceptors (Lipinski definition) is 0. The van der Waals surface area contributed by atoms with Crippen molar-refractivity contribution in [3.05, 3.63) is 35.4 Å². The number of rotatable bonds is 2. The van der Waals surface area contributed by atoms with Crippen molar-refractivity contribution in [2.75, 3.05) is 0 Å². The summed E-state index contributed by atoms with van der Waals surface area (Å²) in [6.07, 6.45) is 0. The molecule has 0 amide bonds. The van der Waals surface area contributed by atoms with Crippen molar-refractivity contribution in [1.82, 2.24) is 0 Å². The fourth-order valence-electron chi connectivity index (χ4n) is 1.58. The fraction of sp³-hybridized carbons (Fsp3) is 0.571. The van der Waals surface area contributed by atoms with Gasteiger partial charge in [0.25, 0.3) is 5.92 Å². The van der Waals surface area contributed by atoms with Crippen molar-refractivity contribution < 1.29 is 8.78 Å². The molecule has 0 saturated heterocycles. The quantitative estimate of drug-likeness (QED) is 0.669. The number of hydrogen-bond donors (Lipinski definition) is 0.